The lowest BCUT2D eigenvalue weighted by Gasteiger charge is -2.34. The van der Waals surface area contributed by atoms with Gasteiger partial charge in [-0.2, -0.15) is 5.10 Å². The van der Waals surface area contributed by atoms with Gasteiger partial charge >= 0.3 is 6.09 Å². The zero-order valence-electron chi connectivity index (χ0n) is 22.0. The molecule has 3 N–H and O–H groups in total. The molecule has 2 amide bonds. The molecule has 1 saturated carbocycles. The predicted molar refractivity (Wildman–Crippen MR) is 146 cm³/mol. The van der Waals surface area contributed by atoms with Gasteiger partial charge in [0.25, 0.3) is 5.91 Å². The highest BCUT2D eigenvalue weighted by atomic mass is 16.6. The first-order valence-corrected chi connectivity index (χ1v) is 13.0. The fourth-order valence-electron chi connectivity index (χ4n) is 5.62. The van der Waals surface area contributed by atoms with Crippen LogP contribution in [0.4, 0.5) is 16.4 Å². The molecule has 1 saturated heterocycles. The number of aromatic nitrogens is 5. The van der Waals surface area contributed by atoms with E-state index in [0.29, 0.717) is 46.4 Å². The first-order chi connectivity index (χ1) is 18.7. The molecule has 200 valence electrons. The predicted octanol–water partition coefficient (Wildman–Crippen LogP) is 4.29. The summed E-state index contributed by atoms with van der Waals surface area (Å²) < 4.78 is 7.58. The van der Waals surface area contributed by atoms with E-state index < -0.39 is 5.60 Å². The van der Waals surface area contributed by atoms with Crippen LogP contribution in [0.25, 0.3) is 22.3 Å². The minimum Gasteiger partial charge on any atom is -0.444 e. The van der Waals surface area contributed by atoms with Crippen LogP contribution in [0.2, 0.25) is 0 Å². The standard InChI is InChI=1S/C28H30N8O3/c1-28(2,3)39-27(38)35-14-16-12-19(35)20(13-16)36-25-22(24(29)31-15-32-25)23(34-36)17-7-9-18(10-8-17)26(37)33-21-6-4-5-11-30-21/h4-11,15-16,19-20H,12-14H2,1-3H3,(H2,29,31,32)(H,30,33,37)/t16-,19+,20+/m1/s1. The number of ether oxygens (including phenoxy) is 1. The number of carbonyl (C=O) groups excluding carboxylic acids is 2. The highest BCUT2D eigenvalue weighted by Gasteiger charge is 2.49. The van der Waals surface area contributed by atoms with Crippen LogP contribution in [0.15, 0.2) is 55.0 Å². The van der Waals surface area contributed by atoms with Gasteiger partial charge in [0.1, 0.15) is 29.3 Å². The van der Waals surface area contributed by atoms with E-state index in [1.165, 1.54) is 6.33 Å². The lowest BCUT2D eigenvalue weighted by atomic mass is 10.1. The largest absolute Gasteiger partial charge is 0.444 e. The summed E-state index contributed by atoms with van der Waals surface area (Å²) in [5.74, 6) is 0.909. The lowest BCUT2D eigenvalue weighted by Crippen LogP contribution is -2.45. The fourth-order valence-corrected chi connectivity index (χ4v) is 5.62. The van der Waals surface area contributed by atoms with E-state index in [1.54, 1.807) is 30.5 Å². The second-order valence-corrected chi connectivity index (χ2v) is 11.1. The molecule has 1 aliphatic carbocycles. The van der Waals surface area contributed by atoms with E-state index in [2.05, 4.69) is 20.3 Å². The van der Waals surface area contributed by atoms with Crippen molar-refractivity contribution < 1.29 is 14.3 Å². The van der Waals surface area contributed by atoms with Crippen LogP contribution in [-0.4, -0.2) is 59.8 Å². The molecule has 0 spiro atoms. The van der Waals surface area contributed by atoms with E-state index in [1.807, 2.05) is 48.6 Å². The Morgan fingerprint density at radius 2 is 1.79 bits per heavy atom. The summed E-state index contributed by atoms with van der Waals surface area (Å²) in [6.45, 7) is 6.30. The van der Waals surface area contributed by atoms with E-state index >= 15 is 0 Å². The van der Waals surface area contributed by atoms with Gasteiger partial charge in [-0.15, -0.1) is 0 Å². The number of benzene rings is 1. The molecule has 3 atom stereocenters. The molecular weight excluding hydrogens is 496 g/mol. The van der Waals surface area contributed by atoms with Gasteiger partial charge < -0.3 is 20.7 Å². The molecule has 4 heterocycles. The van der Waals surface area contributed by atoms with Crippen LogP contribution < -0.4 is 11.1 Å². The van der Waals surface area contributed by atoms with Crippen molar-refractivity contribution in [3.05, 3.63) is 60.6 Å². The van der Waals surface area contributed by atoms with Gasteiger partial charge in [-0.3, -0.25) is 4.79 Å². The van der Waals surface area contributed by atoms with E-state index in [4.69, 9.17) is 15.6 Å². The summed E-state index contributed by atoms with van der Waals surface area (Å²) in [7, 11) is 0. The van der Waals surface area contributed by atoms with E-state index in [9.17, 15) is 9.59 Å². The van der Waals surface area contributed by atoms with Crippen molar-refractivity contribution in [2.75, 3.05) is 17.6 Å². The number of nitrogens with one attached hydrogen (secondary N) is 1. The number of rotatable bonds is 4. The zero-order chi connectivity index (χ0) is 27.3. The Hall–Kier alpha value is -4.54. The topological polar surface area (TPSA) is 141 Å². The molecule has 0 unspecified atom stereocenters. The molecule has 2 fully saturated rings. The lowest BCUT2D eigenvalue weighted by molar-refractivity contribution is 0.0135. The van der Waals surface area contributed by atoms with E-state index in [0.717, 1.165) is 18.4 Å². The quantitative estimate of drug-likeness (QED) is 0.401. The van der Waals surface area contributed by atoms with Crippen LogP contribution >= 0.6 is 0 Å². The van der Waals surface area contributed by atoms with Crippen molar-refractivity contribution in [3.63, 3.8) is 0 Å². The summed E-state index contributed by atoms with van der Waals surface area (Å²) in [6, 6.07) is 12.4. The molecule has 1 aromatic carbocycles. The Kier molecular flexibility index (Phi) is 5.93. The molecule has 0 radical (unpaired) electrons. The van der Waals surface area contributed by atoms with Crippen molar-refractivity contribution in [1.29, 1.82) is 0 Å². The average Bonchev–Trinajstić information content (AvgIpc) is 3.62. The molecule has 11 nitrogen and oxygen atoms in total. The number of hydrogen-bond donors (Lipinski definition) is 2. The first-order valence-electron chi connectivity index (χ1n) is 13.0. The molecular formula is C28H30N8O3. The minimum absolute atomic E-state index is 0.0466. The number of likely N-dealkylation sites (tertiary alicyclic amines) is 1. The maximum absolute atomic E-state index is 13.0. The van der Waals surface area contributed by atoms with Crippen LogP contribution in [0.5, 0.6) is 0 Å². The third-order valence-corrected chi connectivity index (χ3v) is 7.24. The van der Waals surface area contributed by atoms with Gasteiger partial charge in [0.15, 0.2) is 5.65 Å². The van der Waals surface area contributed by atoms with Crippen molar-refractivity contribution >= 4 is 34.7 Å². The summed E-state index contributed by atoms with van der Waals surface area (Å²) in [5, 5.41) is 8.41. The summed E-state index contributed by atoms with van der Waals surface area (Å²) >= 11 is 0. The number of carbonyl (C=O) groups is 2. The fraction of sp³-hybridized carbons (Fsp3) is 0.357. The normalized spacial score (nSPS) is 20.4. The number of anilines is 2. The third-order valence-electron chi connectivity index (χ3n) is 7.24. The Bertz CT molecular complexity index is 1550. The molecule has 1 aliphatic heterocycles. The number of nitrogens with two attached hydrogens (primary N) is 1. The summed E-state index contributed by atoms with van der Waals surface area (Å²) in [5.41, 5.74) is 8.28. The molecule has 4 aromatic rings. The van der Waals surface area contributed by atoms with Crippen molar-refractivity contribution in [3.8, 4) is 11.3 Å². The van der Waals surface area contributed by atoms with Crippen LogP contribution in [0.1, 0.15) is 50.0 Å². The monoisotopic (exact) mass is 526 g/mol. The number of hydrogen-bond acceptors (Lipinski definition) is 8. The van der Waals surface area contributed by atoms with E-state index in [-0.39, 0.29) is 24.1 Å². The highest BCUT2D eigenvalue weighted by Crippen LogP contribution is 2.46. The second kappa shape index (κ2) is 9.33. The molecule has 6 rings (SSSR count). The zero-order valence-corrected chi connectivity index (χ0v) is 22.0. The number of pyridine rings is 1. The maximum Gasteiger partial charge on any atom is 0.410 e. The third kappa shape index (κ3) is 4.64. The van der Waals surface area contributed by atoms with Gasteiger partial charge in [-0.1, -0.05) is 18.2 Å². The van der Waals surface area contributed by atoms with Crippen molar-refractivity contribution in [1.82, 2.24) is 29.6 Å². The first kappa shape index (κ1) is 24.8. The Labute approximate surface area is 225 Å². The summed E-state index contributed by atoms with van der Waals surface area (Å²) in [4.78, 5) is 40.4. The van der Waals surface area contributed by atoms with Gasteiger partial charge in [-0.25, -0.2) is 24.4 Å². The Morgan fingerprint density at radius 1 is 1.03 bits per heavy atom. The van der Waals surface area contributed by atoms with Gasteiger partial charge in [0, 0.05) is 23.9 Å². The van der Waals surface area contributed by atoms with Gasteiger partial charge in [0.05, 0.1) is 17.5 Å². The second-order valence-electron chi connectivity index (χ2n) is 11.1. The molecule has 2 aliphatic rings. The van der Waals surface area contributed by atoms with Gasteiger partial charge in [-0.05, 0) is 63.8 Å². The maximum atomic E-state index is 13.0. The highest BCUT2D eigenvalue weighted by molar-refractivity contribution is 6.04. The van der Waals surface area contributed by atoms with Crippen LogP contribution in [0.3, 0.4) is 0 Å². The smallest absolute Gasteiger partial charge is 0.410 e. The SMILES string of the molecule is CC(C)(C)OC(=O)N1C[C@@H]2C[C@H]1[C@@H](n1nc(-c3ccc(C(=O)Nc4ccccn4)cc3)c3c(N)ncnc31)C2. The van der Waals surface area contributed by atoms with Crippen LogP contribution in [0, 0.1) is 5.92 Å². The molecule has 11 heteroatoms. The van der Waals surface area contributed by atoms with Crippen molar-refractivity contribution in [2.24, 2.45) is 5.92 Å². The number of amides is 2. The minimum atomic E-state index is -0.567. The number of nitrogen functional groups attached to an aromatic ring is 1. The molecule has 3 aromatic heterocycles. The number of fused-ring (bicyclic) bond motifs is 3. The molecule has 39 heavy (non-hydrogen) atoms. The molecule has 2 bridgehead atoms. The summed E-state index contributed by atoms with van der Waals surface area (Å²) in [6.07, 6.45) is 4.53. The van der Waals surface area contributed by atoms with Crippen LogP contribution in [-0.2, 0) is 4.74 Å². The number of piperidine rings is 1. The average molecular weight is 527 g/mol. The Morgan fingerprint density at radius 3 is 2.49 bits per heavy atom. The Balaban J connectivity index is 1.31. The van der Waals surface area contributed by atoms with Gasteiger partial charge in [0.2, 0.25) is 0 Å². The van der Waals surface area contributed by atoms with Crippen molar-refractivity contribution in [2.45, 2.75) is 51.3 Å². The number of nitrogens with zero attached hydrogens (tertiary/aromatic N) is 6.